The quantitative estimate of drug-likeness (QED) is 0.178. The van der Waals surface area contributed by atoms with E-state index in [9.17, 15) is 14.3 Å². The van der Waals surface area contributed by atoms with Crippen LogP contribution in [-0.4, -0.2) is 64.1 Å². The lowest BCUT2D eigenvalue weighted by molar-refractivity contribution is -0.117. The fourth-order valence-electron chi connectivity index (χ4n) is 4.01. The molecule has 4 rings (SSSR count). The lowest BCUT2D eigenvalue weighted by Crippen LogP contribution is -2.27. The number of carbonyl (C=O) groups excluding carboxylic acids is 1. The van der Waals surface area contributed by atoms with Gasteiger partial charge in [0.05, 0.1) is 37.4 Å². The smallest absolute Gasteiger partial charge is 0.223 e. The molecule has 1 amide bonds. The number of hydrogen-bond acceptors (Lipinski definition) is 9. The number of aliphatic hydroxyl groups is 1. The summed E-state index contributed by atoms with van der Waals surface area (Å²) in [7, 11) is 1.54. The molecule has 4 aromatic rings. The van der Waals surface area contributed by atoms with Crippen LogP contribution in [0.4, 0.5) is 21.7 Å². The number of nitrogens with two attached hydrogens (primary N) is 1. The van der Waals surface area contributed by atoms with E-state index < -0.39 is 11.7 Å². The Morgan fingerprint density at radius 3 is 2.82 bits per heavy atom. The zero-order valence-corrected chi connectivity index (χ0v) is 21.9. The molecule has 0 aliphatic rings. The Bertz CT molecular complexity index is 1410. The van der Waals surface area contributed by atoms with Crippen molar-refractivity contribution in [1.29, 1.82) is 0 Å². The number of aromatic nitrogens is 4. The van der Waals surface area contributed by atoms with Gasteiger partial charge in [-0.15, -0.1) is 0 Å². The minimum absolute atomic E-state index is 0.0300. The van der Waals surface area contributed by atoms with Crippen LogP contribution in [-0.2, 0) is 11.2 Å². The molecule has 0 aliphatic carbocycles. The number of amides is 1. The number of halogens is 1. The highest BCUT2D eigenvalue weighted by Gasteiger charge is 2.22. The molecular formula is C27H32FN7O4. The Morgan fingerprint density at radius 1 is 1.23 bits per heavy atom. The number of hydrogen-bond donors (Lipinski definition) is 4. The number of anilines is 3. The Balaban J connectivity index is 1.66. The molecule has 0 aliphatic heterocycles. The predicted molar refractivity (Wildman–Crippen MR) is 145 cm³/mol. The first kappa shape index (κ1) is 27.7. The first-order valence-corrected chi connectivity index (χ1v) is 12.6. The van der Waals surface area contributed by atoms with Crippen molar-refractivity contribution in [2.24, 2.45) is 5.73 Å². The molecule has 1 atom stereocenters. The van der Waals surface area contributed by atoms with Crippen molar-refractivity contribution in [2.45, 2.75) is 32.3 Å². The van der Waals surface area contributed by atoms with E-state index in [4.69, 9.17) is 15.2 Å². The number of nitrogens with one attached hydrogen (secondary N) is 2. The van der Waals surface area contributed by atoms with E-state index in [1.54, 1.807) is 42.3 Å². The third kappa shape index (κ3) is 6.98. The topological polar surface area (TPSA) is 152 Å². The maximum absolute atomic E-state index is 14.3. The lowest BCUT2D eigenvalue weighted by Gasteiger charge is -2.23. The lowest BCUT2D eigenvalue weighted by atomic mass is 10.1. The summed E-state index contributed by atoms with van der Waals surface area (Å²) >= 11 is 0. The summed E-state index contributed by atoms with van der Waals surface area (Å²) in [5.41, 5.74) is 6.89. The van der Waals surface area contributed by atoms with Gasteiger partial charge in [-0.1, -0.05) is 13.0 Å². The third-order valence-corrected chi connectivity index (χ3v) is 6.00. The summed E-state index contributed by atoms with van der Waals surface area (Å²) in [6, 6.07) is 11.2. The first-order chi connectivity index (χ1) is 18.9. The van der Waals surface area contributed by atoms with Crippen molar-refractivity contribution in [3.63, 3.8) is 0 Å². The monoisotopic (exact) mass is 537 g/mol. The summed E-state index contributed by atoms with van der Waals surface area (Å²) < 4.78 is 25.9. The van der Waals surface area contributed by atoms with Gasteiger partial charge in [0.15, 0.2) is 17.3 Å². The minimum Gasteiger partial charge on any atom is -0.493 e. The predicted octanol–water partition coefficient (Wildman–Crippen LogP) is 3.13. The Morgan fingerprint density at radius 2 is 2.08 bits per heavy atom. The number of H-pyrrole nitrogens is 1. The number of fused-ring (bicyclic) bond motifs is 1. The Kier molecular flexibility index (Phi) is 9.23. The SMILES string of the molecule is CCC(O)CNCCCOc1cc2ncnc(N(c3cccc(F)c3)c3cc(CC(N)=O)[nH]n3)c2cc1OC. The van der Waals surface area contributed by atoms with Crippen molar-refractivity contribution in [1.82, 2.24) is 25.5 Å². The molecule has 0 saturated carbocycles. The van der Waals surface area contributed by atoms with Crippen molar-refractivity contribution in [2.75, 3.05) is 31.7 Å². The molecule has 2 aromatic carbocycles. The number of carbonyl (C=O) groups is 1. The second-order valence-corrected chi connectivity index (χ2v) is 8.90. The van der Waals surface area contributed by atoms with E-state index in [2.05, 4.69) is 25.5 Å². The fourth-order valence-corrected chi connectivity index (χ4v) is 4.01. The van der Waals surface area contributed by atoms with Crippen LogP contribution < -0.4 is 25.4 Å². The van der Waals surface area contributed by atoms with Gasteiger partial charge in [0.1, 0.15) is 18.0 Å². The Hall–Kier alpha value is -4.29. The molecule has 5 N–H and O–H groups in total. The molecular weight excluding hydrogens is 505 g/mol. The number of rotatable bonds is 14. The second kappa shape index (κ2) is 13.0. The normalized spacial score (nSPS) is 11.9. The van der Waals surface area contributed by atoms with Crippen LogP contribution in [0.15, 0.2) is 48.8 Å². The summed E-state index contributed by atoms with van der Waals surface area (Å²) in [5.74, 6) is 0.855. The molecule has 11 nitrogen and oxygen atoms in total. The maximum Gasteiger partial charge on any atom is 0.223 e. The third-order valence-electron chi connectivity index (χ3n) is 6.00. The molecule has 2 aromatic heterocycles. The minimum atomic E-state index is -0.512. The van der Waals surface area contributed by atoms with Gasteiger partial charge in [0.2, 0.25) is 5.91 Å². The highest BCUT2D eigenvalue weighted by atomic mass is 19.1. The molecule has 0 spiro atoms. The van der Waals surface area contributed by atoms with Gasteiger partial charge >= 0.3 is 0 Å². The summed E-state index contributed by atoms with van der Waals surface area (Å²) in [6.07, 6.45) is 2.45. The first-order valence-electron chi connectivity index (χ1n) is 12.6. The summed E-state index contributed by atoms with van der Waals surface area (Å²) in [5, 5.41) is 20.6. The Labute approximate surface area is 225 Å². The van der Waals surface area contributed by atoms with Gasteiger partial charge in [0, 0.05) is 29.8 Å². The molecule has 0 radical (unpaired) electrons. The van der Waals surface area contributed by atoms with E-state index in [0.717, 1.165) is 6.42 Å². The van der Waals surface area contributed by atoms with Gasteiger partial charge in [0.25, 0.3) is 0 Å². The molecule has 0 bridgehead atoms. The van der Waals surface area contributed by atoms with Crippen molar-refractivity contribution < 1.29 is 23.8 Å². The molecule has 0 saturated heterocycles. The van der Waals surface area contributed by atoms with Gasteiger partial charge in [-0.25, -0.2) is 14.4 Å². The average Bonchev–Trinajstić information content (AvgIpc) is 3.37. The molecule has 39 heavy (non-hydrogen) atoms. The van der Waals surface area contributed by atoms with Gasteiger partial charge in [-0.2, -0.15) is 5.10 Å². The summed E-state index contributed by atoms with van der Waals surface area (Å²) in [4.78, 5) is 22.0. The van der Waals surface area contributed by atoms with E-state index >= 15 is 0 Å². The maximum atomic E-state index is 14.3. The van der Waals surface area contributed by atoms with Gasteiger partial charge < -0.3 is 25.6 Å². The van der Waals surface area contributed by atoms with Crippen LogP contribution in [0.2, 0.25) is 0 Å². The highest BCUT2D eigenvalue weighted by Crippen LogP contribution is 2.40. The van der Waals surface area contributed by atoms with Crippen molar-refractivity contribution >= 4 is 34.1 Å². The van der Waals surface area contributed by atoms with Gasteiger partial charge in [-0.05, 0) is 43.7 Å². The fraction of sp³-hybridized carbons (Fsp3) is 0.333. The van der Waals surface area contributed by atoms with Crippen LogP contribution in [0.5, 0.6) is 11.5 Å². The van der Waals surface area contributed by atoms with Gasteiger partial charge in [-0.3, -0.25) is 14.8 Å². The molecule has 206 valence electrons. The largest absolute Gasteiger partial charge is 0.493 e. The van der Waals surface area contributed by atoms with Crippen molar-refractivity contribution in [3.8, 4) is 11.5 Å². The molecule has 0 fully saturated rings. The van der Waals surface area contributed by atoms with Crippen LogP contribution in [0.3, 0.4) is 0 Å². The standard InChI is InChI=1S/C27H32FN7O4/c1-3-20(36)15-30-8-5-9-39-24-14-22-21(13-23(24)38-2)27(32-16-31-22)35(19-7-4-6-17(28)10-19)26-12-18(33-34-26)11-25(29)37/h4,6-7,10,12-14,16,20,30,36H,3,5,8-9,11,15H2,1-2H3,(H2,29,37)(H,33,34). The second-order valence-electron chi connectivity index (χ2n) is 8.90. The molecule has 12 heteroatoms. The zero-order chi connectivity index (χ0) is 27.8. The number of methoxy groups -OCH3 is 1. The van der Waals surface area contributed by atoms with Crippen LogP contribution >= 0.6 is 0 Å². The zero-order valence-electron chi connectivity index (χ0n) is 21.9. The van der Waals surface area contributed by atoms with E-state index in [1.807, 2.05) is 6.92 Å². The van der Waals surface area contributed by atoms with Crippen LogP contribution in [0, 0.1) is 5.82 Å². The molecule has 2 heterocycles. The number of primary amides is 1. The number of nitrogens with zero attached hydrogens (tertiary/aromatic N) is 4. The number of aliphatic hydroxyl groups excluding tert-OH is 1. The van der Waals surface area contributed by atoms with Crippen molar-refractivity contribution in [3.05, 3.63) is 60.3 Å². The number of aromatic amines is 1. The van der Waals surface area contributed by atoms with E-state index in [0.29, 0.717) is 71.5 Å². The van der Waals surface area contributed by atoms with Crippen LogP contribution in [0.1, 0.15) is 25.5 Å². The van der Waals surface area contributed by atoms with E-state index in [1.165, 1.54) is 18.5 Å². The number of benzene rings is 2. The molecule has 1 unspecified atom stereocenters. The van der Waals surface area contributed by atoms with Crippen LogP contribution in [0.25, 0.3) is 10.9 Å². The summed E-state index contributed by atoms with van der Waals surface area (Å²) in [6.45, 7) is 3.60. The highest BCUT2D eigenvalue weighted by molar-refractivity contribution is 5.96. The number of ether oxygens (including phenoxy) is 2. The average molecular weight is 538 g/mol. The van der Waals surface area contributed by atoms with E-state index in [-0.39, 0.29) is 12.5 Å².